The number of aromatic nitrogens is 1. The first-order valence-corrected chi connectivity index (χ1v) is 3.51. The Bertz CT molecular complexity index is 216. The fourth-order valence-electron chi connectivity index (χ4n) is 0.736. The molecular weight excluding hydrogens is 140 g/mol. The molecule has 0 unspecified atom stereocenters. The highest BCUT2D eigenvalue weighted by molar-refractivity contribution is 5.45. The number of hydrogen-bond donors (Lipinski definition) is 3. The average molecular weight is 152 g/mol. The molecule has 1 aromatic heterocycles. The molecule has 0 saturated heterocycles. The van der Waals surface area contributed by atoms with Crippen LogP contribution in [-0.2, 0) is 0 Å². The minimum atomic E-state index is -0.265. The van der Waals surface area contributed by atoms with Crippen LogP contribution in [0.4, 0.5) is 0 Å². The smallest absolute Gasteiger partial charge is 0.0618 e. The van der Waals surface area contributed by atoms with E-state index in [-0.39, 0.29) is 12.6 Å². The van der Waals surface area contributed by atoms with Crippen LogP contribution in [-0.4, -0.2) is 22.7 Å². The van der Waals surface area contributed by atoms with Gasteiger partial charge in [-0.1, -0.05) is 6.08 Å². The van der Waals surface area contributed by atoms with Crippen molar-refractivity contribution in [1.82, 2.24) is 4.98 Å². The highest BCUT2D eigenvalue weighted by Crippen LogP contribution is 1.97. The molecule has 4 N–H and O–H groups in total. The molecule has 0 aliphatic carbocycles. The van der Waals surface area contributed by atoms with E-state index in [4.69, 9.17) is 10.8 Å². The van der Waals surface area contributed by atoms with Gasteiger partial charge in [-0.3, -0.25) is 0 Å². The van der Waals surface area contributed by atoms with Gasteiger partial charge in [0.2, 0.25) is 0 Å². The third kappa shape index (κ3) is 2.57. The molecule has 3 heteroatoms. The molecule has 0 aliphatic heterocycles. The lowest BCUT2D eigenvalue weighted by atomic mass is 10.3. The van der Waals surface area contributed by atoms with Gasteiger partial charge in [-0.25, -0.2) is 0 Å². The van der Waals surface area contributed by atoms with E-state index in [9.17, 15) is 0 Å². The highest BCUT2D eigenvalue weighted by Gasteiger charge is 1.91. The normalized spacial score (nSPS) is 14.0. The molecule has 60 valence electrons. The molecule has 0 fully saturated rings. The SMILES string of the molecule is N[C@H](/C=C/c1ccc[nH]1)CO. The molecule has 0 amide bonds. The van der Waals surface area contributed by atoms with E-state index in [2.05, 4.69) is 4.98 Å². The molecule has 1 rings (SSSR count). The predicted molar refractivity (Wildman–Crippen MR) is 44.9 cm³/mol. The van der Waals surface area contributed by atoms with Crippen LogP contribution in [0.2, 0.25) is 0 Å². The monoisotopic (exact) mass is 152 g/mol. The summed E-state index contributed by atoms with van der Waals surface area (Å²) in [6.45, 7) is -0.0167. The van der Waals surface area contributed by atoms with Crippen LogP contribution < -0.4 is 5.73 Å². The van der Waals surface area contributed by atoms with Gasteiger partial charge in [0, 0.05) is 17.9 Å². The van der Waals surface area contributed by atoms with E-state index < -0.39 is 0 Å². The van der Waals surface area contributed by atoms with Gasteiger partial charge in [0.1, 0.15) is 0 Å². The highest BCUT2D eigenvalue weighted by atomic mass is 16.3. The fraction of sp³-hybridized carbons (Fsp3) is 0.250. The van der Waals surface area contributed by atoms with E-state index in [1.807, 2.05) is 24.4 Å². The first-order valence-electron chi connectivity index (χ1n) is 3.51. The standard InChI is InChI=1S/C8H12N2O/c9-7(6-11)3-4-8-2-1-5-10-8/h1-5,7,10-11H,6,9H2/b4-3+/t7-/m1/s1. The van der Waals surface area contributed by atoms with Crippen molar-refractivity contribution < 1.29 is 5.11 Å². The summed E-state index contributed by atoms with van der Waals surface area (Å²) >= 11 is 0. The maximum Gasteiger partial charge on any atom is 0.0618 e. The lowest BCUT2D eigenvalue weighted by Gasteiger charge is -1.97. The molecular formula is C8H12N2O. The number of nitrogens with two attached hydrogens (primary N) is 1. The Balaban J connectivity index is 2.48. The second-order valence-corrected chi connectivity index (χ2v) is 2.33. The quantitative estimate of drug-likeness (QED) is 0.585. The molecule has 1 aromatic rings. The molecule has 11 heavy (non-hydrogen) atoms. The molecule has 0 aromatic carbocycles. The molecule has 1 atom stereocenters. The zero-order valence-corrected chi connectivity index (χ0v) is 6.20. The van der Waals surface area contributed by atoms with Crippen molar-refractivity contribution >= 4 is 6.08 Å². The Morgan fingerprint density at radius 2 is 2.55 bits per heavy atom. The van der Waals surface area contributed by atoms with Crippen molar-refractivity contribution in [2.75, 3.05) is 6.61 Å². The van der Waals surface area contributed by atoms with Crippen molar-refractivity contribution in [1.29, 1.82) is 0 Å². The van der Waals surface area contributed by atoms with Gasteiger partial charge in [-0.05, 0) is 18.2 Å². The number of aliphatic hydroxyl groups excluding tert-OH is 1. The molecule has 0 saturated carbocycles. The van der Waals surface area contributed by atoms with Gasteiger partial charge in [0.05, 0.1) is 6.61 Å². The molecule has 0 radical (unpaired) electrons. The Hall–Kier alpha value is -1.06. The number of aliphatic hydroxyl groups is 1. The maximum absolute atomic E-state index is 8.58. The summed E-state index contributed by atoms with van der Waals surface area (Å²) in [4.78, 5) is 2.99. The summed E-state index contributed by atoms with van der Waals surface area (Å²) in [6.07, 6.45) is 5.44. The molecule has 0 bridgehead atoms. The van der Waals surface area contributed by atoms with Gasteiger partial charge in [0.25, 0.3) is 0 Å². The fourth-order valence-corrected chi connectivity index (χ4v) is 0.736. The number of H-pyrrole nitrogens is 1. The van der Waals surface area contributed by atoms with E-state index >= 15 is 0 Å². The second kappa shape index (κ2) is 3.95. The van der Waals surface area contributed by atoms with E-state index in [0.717, 1.165) is 5.69 Å². The van der Waals surface area contributed by atoms with Gasteiger partial charge < -0.3 is 15.8 Å². The topological polar surface area (TPSA) is 62.0 Å². The zero-order valence-electron chi connectivity index (χ0n) is 6.20. The van der Waals surface area contributed by atoms with Crippen molar-refractivity contribution in [3.63, 3.8) is 0 Å². The number of hydrogen-bond acceptors (Lipinski definition) is 2. The number of aromatic amines is 1. The van der Waals surface area contributed by atoms with Crippen LogP contribution in [0.15, 0.2) is 24.4 Å². The first-order chi connectivity index (χ1) is 5.33. The van der Waals surface area contributed by atoms with Crippen molar-refractivity contribution in [3.05, 3.63) is 30.1 Å². The average Bonchev–Trinajstić information content (AvgIpc) is 2.52. The van der Waals surface area contributed by atoms with Gasteiger partial charge in [-0.15, -0.1) is 0 Å². The van der Waals surface area contributed by atoms with Gasteiger partial charge >= 0.3 is 0 Å². The van der Waals surface area contributed by atoms with Gasteiger partial charge in [0.15, 0.2) is 0 Å². The lowest BCUT2D eigenvalue weighted by Crippen LogP contribution is -2.20. The lowest BCUT2D eigenvalue weighted by molar-refractivity contribution is 0.284. The number of rotatable bonds is 3. The summed E-state index contributed by atoms with van der Waals surface area (Å²) in [5.74, 6) is 0. The molecule has 0 aliphatic rings. The summed E-state index contributed by atoms with van der Waals surface area (Å²) in [7, 11) is 0. The summed E-state index contributed by atoms with van der Waals surface area (Å²) in [5, 5.41) is 8.58. The number of nitrogens with one attached hydrogen (secondary N) is 1. The van der Waals surface area contributed by atoms with Crippen molar-refractivity contribution in [2.24, 2.45) is 5.73 Å². The van der Waals surface area contributed by atoms with Crippen molar-refractivity contribution in [3.8, 4) is 0 Å². The summed E-state index contributed by atoms with van der Waals surface area (Å²) in [6, 6.07) is 3.57. The summed E-state index contributed by atoms with van der Waals surface area (Å²) < 4.78 is 0. The minimum Gasteiger partial charge on any atom is -0.394 e. The third-order valence-electron chi connectivity index (χ3n) is 1.36. The van der Waals surface area contributed by atoms with Crippen LogP contribution in [0.3, 0.4) is 0 Å². The zero-order chi connectivity index (χ0) is 8.10. The molecule has 0 spiro atoms. The van der Waals surface area contributed by atoms with Crippen molar-refractivity contribution in [2.45, 2.75) is 6.04 Å². The maximum atomic E-state index is 8.58. The summed E-state index contributed by atoms with van der Waals surface area (Å²) in [5.41, 5.74) is 6.43. The van der Waals surface area contributed by atoms with Crippen LogP contribution in [0, 0.1) is 0 Å². The van der Waals surface area contributed by atoms with E-state index in [0.29, 0.717) is 0 Å². The second-order valence-electron chi connectivity index (χ2n) is 2.33. The third-order valence-corrected chi connectivity index (χ3v) is 1.36. The van der Waals surface area contributed by atoms with E-state index in [1.165, 1.54) is 0 Å². The Morgan fingerprint density at radius 3 is 3.09 bits per heavy atom. The van der Waals surface area contributed by atoms with Crippen LogP contribution in [0.5, 0.6) is 0 Å². The van der Waals surface area contributed by atoms with E-state index in [1.54, 1.807) is 6.08 Å². The van der Waals surface area contributed by atoms with Crippen LogP contribution in [0.25, 0.3) is 6.08 Å². The molecule has 3 nitrogen and oxygen atoms in total. The minimum absolute atomic E-state index is 0.0167. The first kappa shape index (κ1) is 8.04. The molecule has 1 heterocycles. The predicted octanol–water partition coefficient (Wildman–Crippen LogP) is 0.347. The van der Waals surface area contributed by atoms with Crippen LogP contribution in [0.1, 0.15) is 5.69 Å². The van der Waals surface area contributed by atoms with Crippen LogP contribution >= 0.6 is 0 Å². The Labute approximate surface area is 65.5 Å². The largest absolute Gasteiger partial charge is 0.394 e. The van der Waals surface area contributed by atoms with Gasteiger partial charge in [-0.2, -0.15) is 0 Å². The Kier molecular flexibility index (Phi) is 2.89. The Morgan fingerprint density at radius 1 is 1.73 bits per heavy atom.